The lowest BCUT2D eigenvalue weighted by molar-refractivity contribution is -0.133. The summed E-state index contributed by atoms with van der Waals surface area (Å²) in [5.41, 5.74) is 2.91. The Morgan fingerprint density at radius 2 is 1.59 bits per heavy atom. The maximum Gasteiger partial charge on any atom is 0.254 e. The Balaban J connectivity index is 1.65. The second kappa shape index (κ2) is 13.7. The fourth-order valence-corrected chi connectivity index (χ4v) is 4.61. The summed E-state index contributed by atoms with van der Waals surface area (Å²) in [6, 6.07) is 20.0. The number of amides is 2. The highest BCUT2D eigenvalue weighted by Gasteiger charge is 2.24. The molecule has 0 N–H and O–H groups in total. The van der Waals surface area contributed by atoms with Crippen LogP contribution in [0.3, 0.4) is 0 Å². The van der Waals surface area contributed by atoms with E-state index in [1.165, 1.54) is 20.5 Å². The Labute approximate surface area is 240 Å². The lowest BCUT2D eigenvalue weighted by Gasteiger charge is -2.28. The first-order chi connectivity index (χ1) is 19.8. The predicted octanol–water partition coefficient (Wildman–Crippen LogP) is 5.59. The Morgan fingerprint density at radius 1 is 0.878 bits per heavy atom. The Bertz CT molecular complexity index is 1540. The van der Waals surface area contributed by atoms with Crippen LogP contribution in [0.2, 0.25) is 0 Å². The van der Waals surface area contributed by atoms with E-state index in [4.69, 9.17) is 13.9 Å². The summed E-state index contributed by atoms with van der Waals surface area (Å²) in [6.07, 6.45) is 3.00. The van der Waals surface area contributed by atoms with Crippen LogP contribution in [0.15, 0.2) is 82.2 Å². The van der Waals surface area contributed by atoms with E-state index in [1.54, 1.807) is 40.1 Å². The molecule has 2 amide bonds. The van der Waals surface area contributed by atoms with Crippen molar-refractivity contribution in [3.05, 3.63) is 105 Å². The van der Waals surface area contributed by atoms with Gasteiger partial charge in [-0.25, -0.2) is 0 Å². The van der Waals surface area contributed by atoms with Crippen molar-refractivity contribution in [3.63, 3.8) is 0 Å². The molecule has 0 spiro atoms. The Kier molecular flexibility index (Phi) is 9.79. The molecule has 0 fully saturated rings. The van der Waals surface area contributed by atoms with Gasteiger partial charge in [0.2, 0.25) is 5.91 Å². The third-order valence-corrected chi connectivity index (χ3v) is 6.92. The van der Waals surface area contributed by atoms with Crippen molar-refractivity contribution >= 4 is 22.8 Å². The summed E-state index contributed by atoms with van der Waals surface area (Å²) in [4.78, 5) is 44.1. The van der Waals surface area contributed by atoms with E-state index in [0.29, 0.717) is 40.1 Å². The second-order valence-corrected chi connectivity index (χ2v) is 10.0. The number of methoxy groups -OCH3 is 2. The van der Waals surface area contributed by atoms with Crippen LogP contribution in [0.1, 0.15) is 46.8 Å². The standard InChI is InChI=1S/C33H36N2O6/c1-5-6-14-34(33(38)25-16-27(39-3)18-28(17-25)40-4)21-31(36)35(19-24-10-8-7-9-11-24)20-26-22-41-30-13-12-23(2)15-29(30)32(26)37/h7-13,15-18,22H,5-6,14,19-21H2,1-4H3. The van der Waals surface area contributed by atoms with Crippen molar-refractivity contribution in [2.45, 2.75) is 39.8 Å². The minimum atomic E-state index is -0.302. The summed E-state index contributed by atoms with van der Waals surface area (Å²) in [7, 11) is 3.04. The number of unbranched alkanes of at least 4 members (excludes halogenated alkanes) is 1. The SMILES string of the molecule is CCCCN(CC(=O)N(Cc1ccccc1)Cc1coc2ccc(C)cc2c1=O)C(=O)c1cc(OC)cc(OC)c1. The van der Waals surface area contributed by atoms with Crippen LogP contribution in [-0.2, 0) is 17.9 Å². The minimum Gasteiger partial charge on any atom is -0.497 e. The predicted molar refractivity (Wildman–Crippen MR) is 158 cm³/mol. The van der Waals surface area contributed by atoms with Gasteiger partial charge in [0.15, 0.2) is 5.43 Å². The minimum absolute atomic E-state index is 0.0444. The molecule has 41 heavy (non-hydrogen) atoms. The van der Waals surface area contributed by atoms with Gasteiger partial charge in [0, 0.05) is 24.7 Å². The monoisotopic (exact) mass is 556 g/mol. The highest BCUT2D eigenvalue weighted by atomic mass is 16.5. The van der Waals surface area contributed by atoms with Crippen molar-refractivity contribution in [1.29, 1.82) is 0 Å². The van der Waals surface area contributed by atoms with E-state index in [-0.39, 0.29) is 36.9 Å². The van der Waals surface area contributed by atoms with Gasteiger partial charge in [-0.15, -0.1) is 0 Å². The molecule has 0 atom stereocenters. The molecule has 0 aliphatic rings. The first kappa shape index (κ1) is 29.4. The topological polar surface area (TPSA) is 89.3 Å². The number of hydrogen-bond donors (Lipinski definition) is 0. The molecule has 4 aromatic rings. The zero-order valence-corrected chi connectivity index (χ0v) is 24.0. The Morgan fingerprint density at radius 3 is 2.24 bits per heavy atom. The molecule has 0 unspecified atom stereocenters. The number of hydrogen-bond acceptors (Lipinski definition) is 6. The number of benzene rings is 3. The average Bonchev–Trinajstić information content (AvgIpc) is 3.00. The van der Waals surface area contributed by atoms with Gasteiger partial charge in [0.05, 0.1) is 38.0 Å². The van der Waals surface area contributed by atoms with Crippen molar-refractivity contribution in [1.82, 2.24) is 9.80 Å². The third-order valence-electron chi connectivity index (χ3n) is 6.92. The molecule has 1 heterocycles. The number of nitrogens with zero attached hydrogens (tertiary/aromatic N) is 2. The van der Waals surface area contributed by atoms with Crippen LogP contribution < -0.4 is 14.9 Å². The number of ether oxygens (including phenoxy) is 2. The number of rotatable bonds is 12. The van der Waals surface area contributed by atoms with Gasteiger partial charge in [-0.1, -0.05) is 55.3 Å². The maximum atomic E-state index is 13.9. The van der Waals surface area contributed by atoms with Crippen LogP contribution in [0.5, 0.6) is 11.5 Å². The van der Waals surface area contributed by atoms with Crippen LogP contribution in [0, 0.1) is 6.92 Å². The number of aryl methyl sites for hydroxylation is 1. The van der Waals surface area contributed by atoms with Gasteiger partial charge in [-0.3, -0.25) is 14.4 Å². The average molecular weight is 557 g/mol. The lowest BCUT2D eigenvalue weighted by atomic mass is 10.1. The molecule has 0 aliphatic heterocycles. The molecule has 0 aliphatic carbocycles. The van der Waals surface area contributed by atoms with E-state index >= 15 is 0 Å². The van der Waals surface area contributed by atoms with E-state index in [0.717, 1.165) is 24.0 Å². The van der Waals surface area contributed by atoms with Gasteiger partial charge in [0.1, 0.15) is 23.6 Å². The largest absolute Gasteiger partial charge is 0.497 e. The molecule has 1 aromatic heterocycles. The molecule has 0 saturated heterocycles. The zero-order chi connectivity index (χ0) is 29.4. The van der Waals surface area contributed by atoms with Gasteiger partial charge in [-0.05, 0) is 43.2 Å². The summed E-state index contributed by atoms with van der Waals surface area (Å²) in [6.45, 7) is 4.51. The molecule has 8 nitrogen and oxygen atoms in total. The van der Waals surface area contributed by atoms with Crippen molar-refractivity contribution < 1.29 is 23.5 Å². The lowest BCUT2D eigenvalue weighted by Crippen LogP contribution is -2.43. The fraction of sp³-hybridized carbons (Fsp3) is 0.303. The van der Waals surface area contributed by atoms with E-state index in [2.05, 4.69) is 0 Å². The Hall–Kier alpha value is -4.59. The van der Waals surface area contributed by atoms with Crippen molar-refractivity contribution in [3.8, 4) is 11.5 Å². The van der Waals surface area contributed by atoms with Gasteiger partial charge in [0.25, 0.3) is 5.91 Å². The first-order valence-corrected chi connectivity index (χ1v) is 13.7. The highest BCUT2D eigenvalue weighted by molar-refractivity contribution is 5.97. The first-order valence-electron chi connectivity index (χ1n) is 13.7. The second-order valence-electron chi connectivity index (χ2n) is 10.0. The van der Waals surface area contributed by atoms with E-state index in [9.17, 15) is 14.4 Å². The van der Waals surface area contributed by atoms with Gasteiger partial charge >= 0.3 is 0 Å². The highest BCUT2D eigenvalue weighted by Crippen LogP contribution is 2.24. The number of carbonyl (C=O) groups excluding carboxylic acids is 2. The molecular formula is C33H36N2O6. The van der Waals surface area contributed by atoms with Crippen molar-refractivity contribution in [2.24, 2.45) is 0 Å². The molecule has 0 saturated carbocycles. The van der Waals surface area contributed by atoms with Crippen molar-refractivity contribution in [2.75, 3.05) is 27.3 Å². The number of fused-ring (bicyclic) bond motifs is 1. The molecule has 8 heteroatoms. The van der Waals surface area contributed by atoms with E-state index < -0.39 is 0 Å². The molecule has 0 bridgehead atoms. The molecule has 4 rings (SSSR count). The summed E-state index contributed by atoms with van der Waals surface area (Å²) < 4.78 is 16.4. The maximum absolute atomic E-state index is 13.9. The van der Waals surface area contributed by atoms with Gasteiger partial charge in [-0.2, -0.15) is 0 Å². The molecular weight excluding hydrogens is 520 g/mol. The van der Waals surface area contributed by atoms with Crippen LogP contribution in [0.4, 0.5) is 0 Å². The van der Waals surface area contributed by atoms with Crippen LogP contribution in [0.25, 0.3) is 11.0 Å². The van der Waals surface area contributed by atoms with Crippen LogP contribution >= 0.6 is 0 Å². The summed E-state index contributed by atoms with van der Waals surface area (Å²) in [5.74, 6) is 0.387. The quantitative estimate of drug-likeness (QED) is 0.226. The number of carbonyl (C=O) groups is 2. The third kappa shape index (κ3) is 7.33. The summed E-state index contributed by atoms with van der Waals surface area (Å²) >= 11 is 0. The van der Waals surface area contributed by atoms with Gasteiger partial charge < -0.3 is 23.7 Å². The smallest absolute Gasteiger partial charge is 0.254 e. The molecule has 0 radical (unpaired) electrons. The van der Waals surface area contributed by atoms with Crippen LogP contribution in [-0.4, -0.2) is 48.9 Å². The summed E-state index contributed by atoms with van der Waals surface area (Å²) in [5, 5.41) is 0.473. The molecule has 214 valence electrons. The normalized spacial score (nSPS) is 10.8. The van der Waals surface area contributed by atoms with E-state index in [1.807, 2.05) is 50.2 Å². The zero-order valence-electron chi connectivity index (χ0n) is 24.0. The fourth-order valence-electron chi connectivity index (χ4n) is 4.61. The molecule has 3 aromatic carbocycles.